The third kappa shape index (κ3) is 3.93. The number of hydrogen-bond acceptors (Lipinski definition) is 4. The molecule has 0 bridgehead atoms. The Labute approximate surface area is 148 Å². The van der Waals surface area contributed by atoms with E-state index in [1.165, 1.54) is 29.8 Å². The molecule has 1 saturated heterocycles. The lowest BCUT2D eigenvalue weighted by Gasteiger charge is -2.29. The minimum atomic E-state index is 0.878. The van der Waals surface area contributed by atoms with Crippen molar-refractivity contribution in [3.63, 3.8) is 0 Å². The topological polar surface area (TPSA) is 24.8 Å². The fraction of sp³-hybridized carbons (Fsp3) is 0.350. The molecule has 0 aliphatic carbocycles. The molecule has 3 nitrogen and oxygen atoms in total. The monoisotopic (exact) mass is 340 g/mol. The molecule has 3 rings (SSSR count). The zero-order chi connectivity index (χ0) is 16.8. The molecule has 0 saturated carbocycles. The Hall–Kier alpha value is -1.94. The molecule has 0 spiro atoms. The van der Waals surface area contributed by atoms with Gasteiger partial charge < -0.3 is 9.64 Å². The Bertz CT molecular complexity index is 709. The van der Waals surface area contributed by atoms with E-state index in [4.69, 9.17) is 4.74 Å². The van der Waals surface area contributed by atoms with Gasteiger partial charge in [0.2, 0.25) is 0 Å². The minimum Gasteiger partial charge on any atom is -0.496 e. The predicted molar refractivity (Wildman–Crippen MR) is 105 cm³/mol. The van der Waals surface area contributed by atoms with Gasteiger partial charge in [0.25, 0.3) is 0 Å². The summed E-state index contributed by atoms with van der Waals surface area (Å²) in [5, 5.41) is 0. The van der Waals surface area contributed by atoms with Crippen LogP contribution in [0.1, 0.15) is 24.8 Å². The summed E-state index contributed by atoms with van der Waals surface area (Å²) < 4.78 is 5.60. The molecule has 0 unspecified atom stereocenters. The molecule has 0 atom stereocenters. The van der Waals surface area contributed by atoms with E-state index < -0.39 is 0 Å². The van der Waals surface area contributed by atoms with Gasteiger partial charge in [0.1, 0.15) is 5.75 Å². The largest absolute Gasteiger partial charge is 0.496 e. The van der Waals surface area contributed by atoms with Crippen molar-refractivity contribution in [2.24, 2.45) is 4.99 Å². The highest BCUT2D eigenvalue weighted by Crippen LogP contribution is 2.29. The number of rotatable bonds is 5. The van der Waals surface area contributed by atoms with E-state index in [1.54, 1.807) is 18.9 Å². The first kappa shape index (κ1) is 16.9. The zero-order valence-corrected chi connectivity index (χ0v) is 15.2. The Morgan fingerprint density at radius 2 is 1.88 bits per heavy atom. The van der Waals surface area contributed by atoms with Crippen molar-refractivity contribution in [2.75, 3.05) is 31.4 Å². The molecule has 0 N–H and O–H groups in total. The lowest BCUT2D eigenvalue weighted by Crippen LogP contribution is -2.29. The van der Waals surface area contributed by atoms with Crippen LogP contribution < -0.4 is 9.64 Å². The van der Waals surface area contributed by atoms with Gasteiger partial charge >= 0.3 is 0 Å². The first-order chi connectivity index (χ1) is 11.8. The second-order valence-electron chi connectivity index (χ2n) is 5.90. The molecule has 0 radical (unpaired) electrons. The molecule has 1 fully saturated rings. The van der Waals surface area contributed by atoms with E-state index in [0.29, 0.717) is 0 Å². The summed E-state index contributed by atoms with van der Waals surface area (Å²) in [5.41, 5.74) is 3.24. The first-order valence-electron chi connectivity index (χ1n) is 8.42. The molecule has 2 aromatic carbocycles. The van der Waals surface area contributed by atoms with E-state index in [1.807, 2.05) is 24.4 Å². The molecule has 0 aromatic heterocycles. The SMILES string of the molecule is COc1cc(N2CCCCC2)ccc1C=Nc1ccccc1SC. The van der Waals surface area contributed by atoms with E-state index in [2.05, 4.69) is 40.4 Å². The zero-order valence-electron chi connectivity index (χ0n) is 14.4. The van der Waals surface area contributed by atoms with Crippen molar-refractivity contribution in [1.82, 2.24) is 0 Å². The fourth-order valence-corrected chi connectivity index (χ4v) is 3.58. The normalized spacial score (nSPS) is 15.0. The number of piperidine rings is 1. The highest BCUT2D eigenvalue weighted by atomic mass is 32.2. The molecule has 126 valence electrons. The van der Waals surface area contributed by atoms with Crippen LogP contribution in [0.4, 0.5) is 11.4 Å². The summed E-state index contributed by atoms with van der Waals surface area (Å²) in [7, 11) is 1.72. The van der Waals surface area contributed by atoms with Gasteiger partial charge in [0, 0.05) is 41.5 Å². The molecule has 0 amide bonds. The molecule has 4 heteroatoms. The average molecular weight is 340 g/mol. The predicted octanol–water partition coefficient (Wildman–Crippen LogP) is 5.16. The van der Waals surface area contributed by atoms with Crippen LogP contribution in [-0.4, -0.2) is 32.7 Å². The van der Waals surface area contributed by atoms with Crippen LogP contribution in [0, 0.1) is 0 Å². The maximum atomic E-state index is 5.60. The highest BCUT2D eigenvalue weighted by Gasteiger charge is 2.12. The fourth-order valence-electron chi connectivity index (χ4n) is 3.03. The Morgan fingerprint density at radius 1 is 1.08 bits per heavy atom. The molecular weight excluding hydrogens is 316 g/mol. The van der Waals surface area contributed by atoms with Crippen molar-refractivity contribution < 1.29 is 4.74 Å². The quantitative estimate of drug-likeness (QED) is 0.555. The van der Waals surface area contributed by atoms with Crippen LogP contribution >= 0.6 is 11.8 Å². The van der Waals surface area contributed by atoms with Crippen molar-refractivity contribution in [3.05, 3.63) is 48.0 Å². The van der Waals surface area contributed by atoms with Gasteiger partial charge in [0.15, 0.2) is 0 Å². The van der Waals surface area contributed by atoms with Gasteiger partial charge in [-0.3, -0.25) is 4.99 Å². The summed E-state index contributed by atoms with van der Waals surface area (Å²) in [5.74, 6) is 0.878. The van der Waals surface area contributed by atoms with E-state index in [0.717, 1.165) is 30.1 Å². The maximum absolute atomic E-state index is 5.60. The van der Waals surface area contributed by atoms with Crippen molar-refractivity contribution >= 4 is 29.4 Å². The van der Waals surface area contributed by atoms with E-state index in [9.17, 15) is 0 Å². The smallest absolute Gasteiger partial charge is 0.129 e. The maximum Gasteiger partial charge on any atom is 0.129 e. The Balaban J connectivity index is 1.84. The summed E-state index contributed by atoms with van der Waals surface area (Å²) in [6.07, 6.45) is 7.86. The van der Waals surface area contributed by atoms with Crippen molar-refractivity contribution in [3.8, 4) is 5.75 Å². The highest BCUT2D eigenvalue weighted by molar-refractivity contribution is 7.98. The molecule has 24 heavy (non-hydrogen) atoms. The van der Waals surface area contributed by atoms with Crippen LogP contribution in [-0.2, 0) is 0 Å². The summed E-state index contributed by atoms with van der Waals surface area (Å²) in [4.78, 5) is 8.28. The number of anilines is 1. The Kier molecular flexibility index (Phi) is 5.81. The van der Waals surface area contributed by atoms with Gasteiger partial charge in [-0.1, -0.05) is 12.1 Å². The van der Waals surface area contributed by atoms with Crippen LogP contribution in [0.2, 0.25) is 0 Å². The summed E-state index contributed by atoms with van der Waals surface area (Å²) >= 11 is 1.71. The Morgan fingerprint density at radius 3 is 2.62 bits per heavy atom. The van der Waals surface area contributed by atoms with E-state index in [-0.39, 0.29) is 0 Å². The third-order valence-electron chi connectivity index (χ3n) is 4.37. The first-order valence-corrected chi connectivity index (χ1v) is 9.64. The number of nitrogens with zero attached hydrogens (tertiary/aromatic N) is 2. The number of aliphatic imine (C=N–C) groups is 1. The van der Waals surface area contributed by atoms with Crippen LogP contribution in [0.5, 0.6) is 5.75 Å². The second kappa shape index (κ2) is 8.25. The molecule has 1 heterocycles. The van der Waals surface area contributed by atoms with Gasteiger partial charge in [-0.2, -0.15) is 0 Å². The van der Waals surface area contributed by atoms with Crippen LogP contribution in [0.15, 0.2) is 52.4 Å². The van der Waals surface area contributed by atoms with Crippen LogP contribution in [0.3, 0.4) is 0 Å². The van der Waals surface area contributed by atoms with Gasteiger partial charge in [-0.25, -0.2) is 0 Å². The number of para-hydroxylation sites is 1. The van der Waals surface area contributed by atoms with Gasteiger partial charge in [-0.05, 0) is 49.8 Å². The standard InChI is InChI=1S/C20H24N2OS/c1-23-19-14-17(22-12-6-3-7-13-22)11-10-16(19)15-21-18-8-4-5-9-20(18)24-2/h4-5,8-11,14-15H,3,6-7,12-13H2,1-2H3. The average Bonchev–Trinajstić information content (AvgIpc) is 2.67. The second-order valence-corrected chi connectivity index (χ2v) is 6.75. The van der Waals surface area contributed by atoms with E-state index >= 15 is 0 Å². The minimum absolute atomic E-state index is 0.878. The molecule has 2 aromatic rings. The lowest BCUT2D eigenvalue weighted by atomic mass is 10.1. The molecular formula is C20H24N2OS. The van der Waals surface area contributed by atoms with Gasteiger partial charge in [-0.15, -0.1) is 11.8 Å². The summed E-state index contributed by atoms with van der Waals surface area (Å²) in [6, 6.07) is 14.6. The molecule has 1 aliphatic heterocycles. The lowest BCUT2D eigenvalue weighted by molar-refractivity contribution is 0.414. The third-order valence-corrected chi connectivity index (χ3v) is 5.15. The number of ether oxygens (including phenoxy) is 1. The summed E-state index contributed by atoms with van der Waals surface area (Å²) in [6.45, 7) is 2.27. The van der Waals surface area contributed by atoms with Crippen molar-refractivity contribution in [2.45, 2.75) is 24.2 Å². The number of hydrogen-bond donors (Lipinski definition) is 0. The number of methoxy groups -OCH3 is 1. The number of benzene rings is 2. The van der Waals surface area contributed by atoms with Crippen LogP contribution in [0.25, 0.3) is 0 Å². The van der Waals surface area contributed by atoms with Gasteiger partial charge in [0.05, 0.1) is 12.8 Å². The van der Waals surface area contributed by atoms with Crippen molar-refractivity contribution in [1.29, 1.82) is 0 Å². The molecule has 1 aliphatic rings. The number of thioether (sulfide) groups is 1.